The van der Waals surface area contributed by atoms with Gasteiger partial charge in [0.05, 0.1) is 12.5 Å². The standard InChI is InChI=1S/C15H19NO4/c1-10(6-7-14(17)18)16-15(19)12-8-9-20-13-5-3-2-4-11(12)13/h2-5,10,12H,6-9H2,1H3,(H,16,19)(H,17,18). The first kappa shape index (κ1) is 14.4. The van der Waals surface area contributed by atoms with E-state index in [4.69, 9.17) is 9.84 Å². The number of carbonyl (C=O) groups excluding carboxylic acids is 1. The van der Waals surface area contributed by atoms with Gasteiger partial charge in [0.15, 0.2) is 0 Å². The number of carboxylic acid groups (broad SMARTS) is 1. The molecule has 0 saturated carbocycles. The zero-order chi connectivity index (χ0) is 14.5. The van der Waals surface area contributed by atoms with Crippen LogP contribution in [0.4, 0.5) is 0 Å². The number of nitrogens with one attached hydrogen (secondary N) is 1. The van der Waals surface area contributed by atoms with Crippen molar-refractivity contribution in [1.29, 1.82) is 0 Å². The molecule has 2 atom stereocenters. The highest BCUT2D eigenvalue weighted by Gasteiger charge is 2.28. The van der Waals surface area contributed by atoms with Crippen LogP contribution in [0.3, 0.4) is 0 Å². The van der Waals surface area contributed by atoms with E-state index in [0.717, 1.165) is 11.3 Å². The van der Waals surface area contributed by atoms with E-state index in [1.54, 1.807) is 0 Å². The molecule has 1 aliphatic rings. The molecule has 2 unspecified atom stereocenters. The number of aliphatic carboxylic acids is 1. The minimum absolute atomic E-state index is 0.0568. The van der Waals surface area contributed by atoms with Gasteiger partial charge >= 0.3 is 5.97 Å². The Morgan fingerprint density at radius 2 is 2.20 bits per heavy atom. The second-order valence-electron chi connectivity index (χ2n) is 5.07. The molecular weight excluding hydrogens is 258 g/mol. The number of benzene rings is 1. The lowest BCUT2D eigenvalue weighted by Crippen LogP contribution is -2.38. The zero-order valence-electron chi connectivity index (χ0n) is 11.5. The van der Waals surface area contributed by atoms with Crippen LogP contribution in [-0.2, 0) is 9.59 Å². The predicted molar refractivity (Wildman–Crippen MR) is 73.8 cm³/mol. The van der Waals surface area contributed by atoms with Crippen LogP contribution >= 0.6 is 0 Å². The summed E-state index contributed by atoms with van der Waals surface area (Å²) in [5.41, 5.74) is 0.904. The van der Waals surface area contributed by atoms with E-state index in [2.05, 4.69) is 5.32 Å². The third kappa shape index (κ3) is 3.50. The van der Waals surface area contributed by atoms with Crippen LogP contribution in [0.2, 0.25) is 0 Å². The largest absolute Gasteiger partial charge is 0.493 e. The van der Waals surface area contributed by atoms with Gasteiger partial charge in [0.25, 0.3) is 0 Å². The second-order valence-corrected chi connectivity index (χ2v) is 5.07. The average Bonchev–Trinajstić information content (AvgIpc) is 2.44. The van der Waals surface area contributed by atoms with Gasteiger partial charge in [-0.2, -0.15) is 0 Å². The molecule has 2 rings (SSSR count). The van der Waals surface area contributed by atoms with Crippen LogP contribution in [0.5, 0.6) is 5.75 Å². The number of para-hydroxylation sites is 1. The Balaban J connectivity index is 1.98. The Morgan fingerprint density at radius 1 is 1.45 bits per heavy atom. The molecule has 0 aromatic heterocycles. The van der Waals surface area contributed by atoms with Crippen LogP contribution in [-0.4, -0.2) is 29.6 Å². The van der Waals surface area contributed by atoms with E-state index in [-0.39, 0.29) is 24.3 Å². The van der Waals surface area contributed by atoms with Crippen LogP contribution in [0.1, 0.15) is 37.7 Å². The predicted octanol–water partition coefficient (Wildman–Crippen LogP) is 1.92. The molecule has 1 heterocycles. The highest BCUT2D eigenvalue weighted by atomic mass is 16.5. The van der Waals surface area contributed by atoms with E-state index in [1.165, 1.54) is 0 Å². The van der Waals surface area contributed by atoms with Crippen molar-refractivity contribution in [2.45, 2.75) is 38.1 Å². The quantitative estimate of drug-likeness (QED) is 0.862. The fourth-order valence-electron chi connectivity index (χ4n) is 2.37. The third-order valence-corrected chi connectivity index (χ3v) is 3.45. The highest BCUT2D eigenvalue weighted by Crippen LogP contribution is 2.33. The summed E-state index contributed by atoms with van der Waals surface area (Å²) in [6, 6.07) is 7.40. The number of carboxylic acids is 1. The summed E-state index contributed by atoms with van der Waals surface area (Å²) in [7, 11) is 0. The van der Waals surface area contributed by atoms with Crippen molar-refractivity contribution >= 4 is 11.9 Å². The fourth-order valence-corrected chi connectivity index (χ4v) is 2.37. The van der Waals surface area contributed by atoms with E-state index in [1.807, 2.05) is 31.2 Å². The normalized spacial score (nSPS) is 18.6. The van der Waals surface area contributed by atoms with Crippen molar-refractivity contribution < 1.29 is 19.4 Å². The molecule has 0 spiro atoms. The number of carbonyl (C=O) groups is 2. The van der Waals surface area contributed by atoms with Crippen molar-refractivity contribution in [2.24, 2.45) is 0 Å². The number of fused-ring (bicyclic) bond motifs is 1. The van der Waals surface area contributed by atoms with E-state index in [9.17, 15) is 9.59 Å². The zero-order valence-corrected chi connectivity index (χ0v) is 11.5. The Bertz CT molecular complexity index is 500. The molecule has 1 aliphatic heterocycles. The first-order chi connectivity index (χ1) is 9.58. The molecule has 0 bridgehead atoms. The summed E-state index contributed by atoms with van der Waals surface area (Å²) in [5.74, 6) is -0.356. The molecule has 1 aromatic rings. The van der Waals surface area contributed by atoms with Crippen LogP contribution in [0.25, 0.3) is 0 Å². The number of ether oxygens (including phenoxy) is 1. The molecule has 0 saturated heterocycles. The van der Waals surface area contributed by atoms with Crippen molar-refractivity contribution in [2.75, 3.05) is 6.61 Å². The van der Waals surface area contributed by atoms with Crippen LogP contribution in [0.15, 0.2) is 24.3 Å². The summed E-state index contributed by atoms with van der Waals surface area (Å²) in [4.78, 5) is 22.8. The molecule has 1 aromatic carbocycles. The van der Waals surface area contributed by atoms with Gasteiger partial charge < -0.3 is 15.2 Å². The maximum Gasteiger partial charge on any atom is 0.303 e. The van der Waals surface area contributed by atoms with E-state index >= 15 is 0 Å². The lowest BCUT2D eigenvalue weighted by Gasteiger charge is -2.26. The van der Waals surface area contributed by atoms with Crippen molar-refractivity contribution in [3.63, 3.8) is 0 Å². The number of amides is 1. The summed E-state index contributed by atoms with van der Waals surface area (Å²) < 4.78 is 5.53. The Morgan fingerprint density at radius 3 is 2.95 bits per heavy atom. The maximum atomic E-state index is 12.3. The van der Waals surface area contributed by atoms with Crippen molar-refractivity contribution in [3.05, 3.63) is 29.8 Å². The van der Waals surface area contributed by atoms with Gasteiger partial charge in [-0.1, -0.05) is 18.2 Å². The molecule has 0 radical (unpaired) electrons. The first-order valence-corrected chi connectivity index (χ1v) is 6.82. The van der Waals surface area contributed by atoms with Gasteiger partial charge in [0, 0.05) is 18.0 Å². The summed E-state index contributed by atoms with van der Waals surface area (Å²) >= 11 is 0. The molecule has 2 N–H and O–H groups in total. The van der Waals surface area contributed by atoms with Gasteiger partial charge in [-0.05, 0) is 25.8 Å². The molecule has 0 fully saturated rings. The molecule has 108 valence electrons. The first-order valence-electron chi connectivity index (χ1n) is 6.82. The highest BCUT2D eigenvalue weighted by molar-refractivity contribution is 5.85. The van der Waals surface area contributed by atoms with Crippen LogP contribution in [0, 0.1) is 0 Å². The molecule has 5 heteroatoms. The SMILES string of the molecule is CC(CCC(=O)O)NC(=O)C1CCOc2ccccc21. The number of hydrogen-bond donors (Lipinski definition) is 2. The second kappa shape index (κ2) is 6.41. The molecular formula is C15H19NO4. The third-order valence-electron chi connectivity index (χ3n) is 3.45. The van der Waals surface area contributed by atoms with Crippen molar-refractivity contribution in [1.82, 2.24) is 5.32 Å². The van der Waals surface area contributed by atoms with E-state index in [0.29, 0.717) is 19.4 Å². The minimum Gasteiger partial charge on any atom is -0.493 e. The Hall–Kier alpha value is -2.04. The van der Waals surface area contributed by atoms with Gasteiger partial charge in [-0.3, -0.25) is 9.59 Å². The topological polar surface area (TPSA) is 75.6 Å². The number of rotatable bonds is 5. The smallest absolute Gasteiger partial charge is 0.303 e. The minimum atomic E-state index is -0.845. The van der Waals surface area contributed by atoms with Crippen LogP contribution < -0.4 is 10.1 Å². The lowest BCUT2D eigenvalue weighted by molar-refractivity contribution is -0.137. The lowest BCUT2D eigenvalue weighted by atomic mass is 9.92. The molecule has 0 aliphatic carbocycles. The van der Waals surface area contributed by atoms with Gasteiger partial charge in [-0.15, -0.1) is 0 Å². The maximum absolute atomic E-state index is 12.3. The van der Waals surface area contributed by atoms with Crippen molar-refractivity contribution in [3.8, 4) is 5.75 Å². The van der Waals surface area contributed by atoms with Gasteiger partial charge in [-0.25, -0.2) is 0 Å². The summed E-state index contributed by atoms with van der Waals surface area (Å²) in [6.45, 7) is 2.35. The summed E-state index contributed by atoms with van der Waals surface area (Å²) in [5, 5.41) is 11.5. The van der Waals surface area contributed by atoms with Gasteiger partial charge in [0.1, 0.15) is 5.75 Å². The van der Waals surface area contributed by atoms with Gasteiger partial charge in [0.2, 0.25) is 5.91 Å². The average molecular weight is 277 g/mol. The molecule has 1 amide bonds. The molecule has 5 nitrogen and oxygen atoms in total. The summed E-state index contributed by atoms with van der Waals surface area (Å²) in [6.07, 6.45) is 1.15. The Labute approximate surface area is 117 Å². The number of hydrogen-bond acceptors (Lipinski definition) is 3. The molecule has 20 heavy (non-hydrogen) atoms. The monoisotopic (exact) mass is 277 g/mol. The Kier molecular flexibility index (Phi) is 4.61. The van der Waals surface area contributed by atoms with E-state index < -0.39 is 5.97 Å². The fraction of sp³-hybridized carbons (Fsp3) is 0.467.